The van der Waals surface area contributed by atoms with E-state index in [1.807, 2.05) is 24.3 Å². The van der Waals surface area contributed by atoms with Crippen molar-refractivity contribution < 1.29 is 4.74 Å². The summed E-state index contributed by atoms with van der Waals surface area (Å²) < 4.78 is 7.63. The molecule has 4 nitrogen and oxygen atoms in total. The zero-order chi connectivity index (χ0) is 20.1. The average Bonchev–Trinajstić information content (AvgIpc) is 3.09. The largest absolute Gasteiger partial charge is 0.497 e. The molecule has 0 aliphatic heterocycles. The molecule has 0 aliphatic carbocycles. The highest BCUT2D eigenvalue weighted by Crippen LogP contribution is 2.25. The molecule has 0 saturated carbocycles. The summed E-state index contributed by atoms with van der Waals surface area (Å²) in [5.41, 5.74) is 3.51. The van der Waals surface area contributed by atoms with Crippen molar-refractivity contribution >= 4 is 33.9 Å². The van der Waals surface area contributed by atoms with Crippen LogP contribution in [0.15, 0.2) is 54.7 Å². The molecular formula is C23H29N3OS. The van der Waals surface area contributed by atoms with Crippen LogP contribution in [-0.4, -0.2) is 27.7 Å². The lowest BCUT2D eigenvalue weighted by atomic mass is 10.1. The number of rotatable bonds is 7. The van der Waals surface area contributed by atoms with Crippen molar-refractivity contribution in [2.24, 2.45) is 0 Å². The second kappa shape index (κ2) is 9.11. The van der Waals surface area contributed by atoms with Gasteiger partial charge < -0.3 is 19.5 Å². The monoisotopic (exact) mass is 395 g/mol. The van der Waals surface area contributed by atoms with Crippen LogP contribution in [0, 0.1) is 0 Å². The molecule has 0 amide bonds. The molecular weight excluding hydrogens is 366 g/mol. The van der Waals surface area contributed by atoms with Crippen molar-refractivity contribution in [3.05, 3.63) is 60.3 Å². The highest BCUT2D eigenvalue weighted by atomic mass is 32.1. The minimum absolute atomic E-state index is 0.328. The van der Waals surface area contributed by atoms with Gasteiger partial charge in [-0.05, 0) is 56.2 Å². The third kappa shape index (κ3) is 4.30. The molecule has 0 bridgehead atoms. The van der Waals surface area contributed by atoms with Crippen molar-refractivity contribution in [1.29, 1.82) is 0 Å². The summed E-state index contributed by atoms with van der Waals surface area (Å²) in [4.78, 5) is 2.27. The smallest absolute Gasteiger partial charge is 0.173 e. The van der Waals surface area contributed by atoms with E-state index in [0.717, 1.165) is 36.1 Å². The number of nitrogens with zero attached hydrogens (tertiary/aromatic N) is 2. The maximum atomic E-state index is 5.80. The van der Waals surface area contributed by atoms with Gasteiger partial charge in [-0.1, -0.05) is 31.2 Å². The molecule has 0 aliphatic rings. The van der Waals surface area contributed by atoms with Gasteiger partial charge in [-0.3, -0.25) is 0 Å². The normalized spacial score (nSPS) is 12.0. The molecule has 0 radical (unpaired) electrons. The van der Waals surface area contributed by atoms with E-state index >= 15 is 0 Å². The van der Waals surface area contributed by atoms with Crippen LogP contribution in [0.4, 0.5) is 5.69 Å². The van der Waals surface area contributed by atoms with Gasteiger partial charge in [-0.2, -0.15) is 0 Å². The van der Waals surface area contributed by atoms with Crippen LogP contribution in [0.2, 0.25) is 0 Å². The molecule has 1 N–H and O–H groups in total. The summed E-state index contributed by atoms with van der Waals surface area (Å²) in [6.07, 6.45) is 3.28. The molecule has 2 aromatic carbocycles. The number of ether oxygens (including phenoxy) is 1. The van der Waals surface area contributed by atoms with Gasteiger partial charge >= 0.3 is 0 Å². The number of aromatic nitrogens is 1. The molecule has 1 heterocycles. The summed E-state index contributed by atoms with van der Waals surface area (Å²) in [7, 11) is 1.67. The lowest BCUT2D eigenvalue weighted by Gasteiger charge is -2.31. The first-order valence-electron chi connectivity index (χ1n) is 9.85. The Morgan fingerprint density at radius 1 is 1.18 bits per heavy atom. The Hall–Kier alpha value is -2.53. The number of para-hydroxylation sites is 1. The van der Waals surface area contributed by atoms with E-state index < -0.39 is 0 Å². The summed E-state index contributed by atoms with van der Waals surface area (Å²) in [5.74, 6) is 0.814. The molecule has 0 unspecified atom stereocenters. The number of benzene rings is 2. The molecule has 5 heteroatoms. The predicted molar refractivity (Wildman–Crippen MR) is 122 cm³/mol. The van der Waals surface area contributed by atoms with Crippen LogP contribution in [-0.2, 0) is 13.1 Å². The van der Waals surface area contributed by atoms with Gasteiger partial charge in [0.25, 0.3) is 0 Å². The topological polar surface area (TPSA) is 29.4 Å². The van der Waals surface area contributed by atoms with Crippen LogP contribution < -0.4 is 10.1 Å². The number of hydrogen-bond donors (Lipinski definition) is 1. The number of methoxy groups -OCH3 is 1. The molecule has 148 valence electrons. The third-order valence-electron chi connectivity index (χ3n) is 5.26. The Labute approximate surface area is 173 Å². The van der Waals surface area contributed by atoms with Gasteiger partial charge in [0.2, 0.25) is 0 Å². The number of fused-ring (bicyclic) bond motifs is 1. The second-order valence-electron chi connectivity index (χ2n) is 7.00. The van der Waals surface area contributed by atoms with E-state index in [-0.39, 0.29) is 0 Å². The molecule has 0 saturated heterocycles. The van der Waals surface area contributed by atoms with Gasteiger partial charge in [-0.25, -0.2) is 0 Å². The molecule has 28 heavy (non-hydrogen) atoms. The van der Waals surface area contributed by atoms with Gasteiger partial charge in [-0.15, -0.1) is 0 Å². The number of nitrogens with one attached hydrogen (secondary N) is 1. The first-order chi connectivity index (χ1) is 13.6. The number of aryl methyl sites for hydroxylation is 1. The summed E-state index contributed by atoms with van der Waals surface area (Å²) in [6.45, 7) is 8.33. The summed E-state index contributed by atoms with van der Waals surface area (Å²) in [6, 6.07) is 16.8. The van der Waals surface area contributed by atoms with Crippen molar-refractivity contribution in [3.8, 4) is 5.75 Å². The fraction of sp³-hybridized carbons (Fsp3) is 0.348. The van der Waals surface area contributed by atoms with Gasteiger partial charge in [0, 0.05) is 48.0 Å². The Bertz CT molecular complexity index is 950. The third-order valence-corrected chi connectivity index (χ3v) is 5.59. The highest BCUT2D eigenvalue weighted by Gasteiger charge is 2.19. The Morgan fingerprint density at radius 2 is 1.96 bits per heavy atom. The van der Waals surface area contributed by atoms with Crippen LogP contribution in [0.3, 0.4) is 0 Å². The quantitative estimate of drug-likeness (QED) is 0.522. The maximum absolute atomic E-state index is 5.80. The molecule has 3 rings (SSSR count). The molecule has 1 aromatic heterocycles. The van der Waals surface area contributed by atoms with Gasteiger partial charge in [0.05, 0.1) is 7.11 Å². The van der Waals surface area contributed by atoms with E-state index in [9.17, 15) is 0 Å². The van der Waals surface area contributed by atoms with Crippen LogP contribution in [0.5, 0.6) is 5.75 Å². The number of thiocarbonyl (C=S) groups is 1. The SMILES string of the molecule is CC[C@@H](C)N(Cc1cn(CC)c2ccccc12)C(=S)Nc1cccc(OC)c1. The fourth-order valence-electron chi connectivity index (χ4n) is 3.44. The summed E-state index contributed by atoms with van der Waals surface area (Å²) >= 11 is 5.80. The van der Waals surface area contributed by atoms with Crippen LogP contribution >= 0.6 is 12.2 Å². The minimum atomic E-state index is 0.328. The number of hydrogen-bond acceptors (Lipinski definition) is 2. The predicted octanol–water partition coefficient (Wildman–Crippen LogP) is 5.67. The minimum Gasteiger partial charge on any atom is -0.497 e. The van der Waals surface area contributed by atoms with Gasteiger partial charge in [0.15, 0.2) is 5.11 Å². The second-order valence-corrected chi connectivity index (χ2v) is 7.39. The summed E-state index contributed by atoms with van der Waals surface area (Å²) in [5, 5.41) is 5.42. The zero-order valence-electron chi connectivity index (χ0n) is 17.1. The molecule has 0 fully saturated rings. The molecule has 1 atom stereocenters. The van der Waals surface area contributed by atoms with Crippen LogP contribution in [0.25, 0.3) is 10.9 Å². The Morgan fingerprint density at radius 3 is 2.68 bits per heavy atom. The van der Waals surface area contributed by atoms with E-state index in [0.29, 0.717) is 6.04 Å². The molecule has 3 aromatic rings. The first-order valence-corrected chi connectivity index (χ1v) is 10.3. The zero-order valence-corrected chi connectivity index (χ0v) is 17.9. The number of anilines is 1. The van der Waals surface area contributed by atoms with E-state index in [1.54, 1.807) is 7.11 Å². The van der Waals surface area contributed by atoms with Crippen molar-refractivity contribution in [2.75, 3.05) is 12.4 Å². The van der Waals surface area contributed by atoms with Crippen LogP contribution in [0.1, 0.15) is 32.8 Å². The fourth-order valence-corrected chi connectivity index (χ4v) is 3.80. The van der Waals surface area contributed by atoms with Crippen molar-refractivity contribution in [1.82, 2.24) is 9.47 Å². The van der Waals surface area contributed by atoms with Crippen molar-refractivity contribution in [2.45, 2.75) is 46.3 Å². The first kappa shape index (κ1) is 20.2. The van der Waals surface area contributed by atoms with E-state index in [1.165, 1.54) is 16.5 Å². The van der Waals surface area contributed by atoms with E-state index in [4.69, 9.17) is 17.0 Å². The lowest BCUT2D eigenvalue weighted by Crippen LogP contribution is -2.40. The lowest BCUT2D eigenvalue weighted by molar-refractivity contribution is 0.320. The molecule has 0 spiro atoms. The maximum Gasteiger partial charge on any atom is 0.173 e. The average molecular weight is 396 g/mol. The Balaban J connectivity index is 1.87. The van der Waals surface area contributed by atoms with Crippen molar-refractivity contribution in [3.63, 3.8) is 0 Å². The van der Waals surface area contributed by atoms with Gasteiger partial charge in [0.1, 0.15) is 5.75 Å². The highest BCUT2D eigenvalue weighted by molar-refractivity contribution is 7.80. The Kier molecular flexibility index (Phi) is 6.57. The van der Waals surface area contributed by atoms with E-state index in [2.05, 4.69) is 66.0 Å². The standard InChI is InChI=1S/C23H29N3OS/c1-5-17(3)26(23(28)24-19-10-9-11-20(14-19)27-4)16-18-15-25(6-2)22-13-8-7-12-21(18)22/h7-15,17H,5-6,16H2,1-4H3,(H,24,28)/t17-/m1/s1.